The number of amides is 1. The first-order chi connectivity index (χ1) is 8.99. The highest BCUT2D eigenvalue weighted by atomic mass is 19.1. The van der Waals surface area contributed by atoms with Crippen LogP contribution in [-0.2, 0) is 0 Å². The standard InChI is InChI=1S/C12H9F2N3O2/c1-6-2-3-7(13)11(10(6)14)15-12(19)8-4-5-9(18)17-16-8/h2-5H,1H3,(H,15,19)(H,17,18). The summed E-state index contributed by atoms with van der Waals surface area (Å²) in [5, 5.41) is 7.60. The molecule has 1 heterocycles. The molecule has 0 bridgehead atoms. The van der Waals surface area contributed by atoms with E-state index in [0.717, 1.165) is 18.2 Å². The number of nitrogens with one attached hydrogen (secondary N) is 2. The van der Waals surface area contributed by atoms with Gasteiger partial charge >= 0.3 is 0 Å². The molecule has 7 heteroatoms. The molecule has 0 atom stereocenters. The molecule has 0 saturated carbocycles. The predicted octanol–water partition coefficient (Wildman–Crippen LogP) is 1.61. The zero-order chi connectivity index (χ0) is 14.0. The van der Waals surface area contributed by atoms with E-state index in [-0.39, 0.29) is 11.3 Å². The number of anilines is 1. The van der Waals surface area contributed by atoms with Crippen molar-refractivity contribution in [2.75, 3.05) is 5.32 Å². The fourth-order valence-corrected chi connectivity index (χ4v) is 1.42. The van der Waals surface area contributed by atoms with Crippen LogP contribution in [0.2, 0.25) is 0 Å². The maximum absolute atomic E-state index is 13.7. The van der Waals surface area contributed by atoms with Crippen LogP contribution in [0.5, 0.6) is 0 Å². The van der Waals surface area contributed by atoms with Crippen molar-refractivity contribution in [3.05, 3.63) is 57.5 Å². The fourth-order valence-electron chi connectivity index (χ4n) is 1.42. The molecule has 5 nitrogen and oxygen atoms in total. The van der Waals surface area contributed by atoms with E-state index in [0.29, 0.717) is 0 Å². The number of aromatic nitrogens is 2. The van der Waals surface area contributed by atoms with Gasteiger partial charge in [0, 0.05) is 6.07 Å². The molecule has 1 amide bonds. The molecule has 2 rings (SSSR count). The number of benzene rings is 1. The molecule has 1 aromatic carbocycles. The molecule has 98 valence electrons. The summed E-state index contributed by atoms with van der Waals surface area (Å²) in [5.41, 5.74) is -0.978. The number of hydrogen-bond donors (Lipinski definition) is 2. The van der Waals surface area contributed by atoms with Crippen molar-refractivity contribution < 1.29 is 13.6 Å². The zero-order valence-electron chi connectivity index (χ0n) is 9.83. The van der Waals surface area contributed by atoms with Crippen LogP contribution in [0.15, 0.2) is 29.1 Å². The van der Waals surface area contributed by atoms with E-state index in [4.69, 9.17) is 0 Å². The predicted molar refractivity (Wildman–Crippen MR) is 63.9 cm³/mol. The fraction of sp³-hybridized carbons (Fsp3) is 0.0833. The van der Waals surface area contributed by atoms with Crippen molar-refractivity contribution in [3.63, 3.8) is 0 Å². The highest BCUT2D eigenvalue weighted by Gasteiger charge is 2.16. The van der Waals surface area contributed by atoms with Gasteiger partial charge in [0.25, 0.3) is 11.5 Å². The number of aryl methyl sites for hydroxylation is 1. The number of nitrogens with zero attached hydrogens (tertiary/aromatic N) is 1. The summed E-state index contributed by atoms with van der Waals surface area (Å²) in [4.78, 5) is 22.5. The van der Waals surface area contributed by atoms with E-state index >= 15 is 0 Å². The number of H-pyrrole nitrogens is 1. The Morgan fingerprint density at radius 1 is 1.26 bits per heavy atom. The SMILES string of the molecule is Cc1ccc(F)c(NC(=O)c2ccc(=O)[nH]n2)c1F. The van der Waals surface area contributed by atoms with Crippen molar-refractivity contribution in [2.24, 2.45) is 0 Å². The van der Waals surface area contributed by atoms with E-state index in [9.17, 15) is 18.4 Å². The summed E-state index contributed by atoms with van der Waals surface area (Å²) in [5.74, 6) is -2.56. The molecule has 0 aliphatic carbocycles. The minimum absolute atomic E-state index is 0.153. The van der Waals surface area contributed by atoms with Gasteiger partial charge in [0.15, 0.2) is 5.82 Å². The molecule has 0 fully saturated rings. The quantitative estimate of drug-likeness (QED) is 0.866. The lowest BCUT2D eigenvalue weighted by atomic mass is 10.2. The average molecular weight is 265 g/mol. The molecular weight excluding hydrogens is 256 g/mol. The molecule has 2 N–H and O–H groups in total. The Morgan fingerprint density at radius 3 is 2.63 bits per heavy atom. The van der Waals surface area contributed by atoms with Gasteiger partial charge in [0.1, 0.15) is 17.2 Å². The van der Waals surface area contributed by atoms with Gasteiger partial charge in [-0.25, -0.2) is 13.9 Å². The topological polar surface area (TPSA) is 74.8 Å². The van der Waals surface area contributed by atoms with Crippen molar-refractivity contribution >= 4 is 11.6 Å². The van der Waals surface area contributed by atoms with Gasteiger partial charge in [0.05, 0.1) is 0 Å². The van der Waals surface area contributed by atoms with Crippen LogP contribution in [0.3, 0.4) is 0 Å². The van der Waals surface area contributed by atoms with Crippen LogP contribution in [0.25, 0.3) is 0 Å². The Hall–Kier alpha value is -2.57. The summed E-state index contributed by atoms with van der Waals surface area (Å²) in [7, 11) is 0. The largest absolute Gasteiger partial charge is 0.316 e. The number of aromatic amines is 1. The van der Waals surface area contributed by atoms with Crippen molar-refractivity contribution in [1.29, 1.82) is 0 Å². The second-order valence-corrected chi connectivity index (χ2v) is 3.81. The van der Waals surface area contributed by atoms with Crippen LogP contribution >= 0.6 is 0 Å². The zero-order valence-corrected chi connectivity index (χ0v) is 9.83. The minimum Gasteiger partial charge on any atom is -0.316 e. The first-order valence-electron chi connectivity index (χ1n) is 5.30. The third kappa shape index (κ3) is 2.65. The lowest BCUT2D eigenvalue weighted by Crippen LogP contribution is -2.19. The minimum atomic E-state index is -0.888. The number of rotatable bonds is 2. The number of halogens is 2. The van der Waals surface area contributed by atoms with E-state index in [1.54, 1.807) is 0 Å². The molecule has 2 aromatic rings. The van der Waals surface area contributed by atoms with E-state index in [2.05, 4.69) is 15.5 Å². The van der Waals surface area contributed by atoms with Crippen molar-refractivity contribution in [3.8, 4) is 0 Å². The van der Waals surface area contributed by atoms with Gasteiger partial charge in [-0.05, 0) is 24.6 Å². The Bertz CT molecular complexity index is 677. The van der Waals surface area contributed by atoms with Crippen LogP contribution < -0.4 is 10.9 Å². The summed E-state index contributed by atoms with van der Waals surface area (Å²) in [6.45, 7) is 1.45. The van der Waals surface area contributed by atoms with E-state index in [1.165, 1.54) is 13.0 Å². The van der Waals surface area contributed by atoms with Gasteiger partial charge in [0.2, 0.25) is 0 Å². The number of carbonyl (C=O) groups excluding carboxylic acids is 1. The number of carbonyl (C=O) groups is 1. The van der Waals surface area contributed by atoms with Gasteiger partial charge in [-0.15, -0.1) is 0 Å². The second kappa shape index (κ2) is 4.97. The molecule has 0 aliphatic rings. The highest BCUT2D eigenvalue weighted by molar-refractivity contribution is 6.02. The Balaban J connectivity index is 2.31. The van der Waals surface area contributed by atoms with Gasteiger partial charge in [-0.1, -0.05) is 6.07 Å². The maximum Gasteiger partial charge on any atom is 0.276 e. The van der Waals surface area contributed by atoms with Crippen LogP contribution in [0.1, 0.15) is 16.1 Å². The van der Waals surface area contributed by atoms with Crippen LogP contribution in [0, 0.1) is 18.6 Å². The van der Waals surface area contributed by atoms with Gasteiger partial charge in [-0.2, -0.15) is 5.10 Å². The van der Waals surface area contributed by atoms with Crippen LogP contribution in [-0.4, -0.2) is 16.1 Å². The molecule has 0 spiro atoms. The second-order valence-electron chi connectivity index (χ2n) is 3.81. The lowest BCUT2D eigenvalue weighted by molar-refractivity contribution is 0.102. The lowest BCUT2D eigenvalue weighted by Gasteiger charge is -2.08. The third-order valence-corrected chi connectivity index (χ3v) is 2.43. The first kappa shape index (κ1) is 12.9. The molecular formula is C12H9F2N3O2. The van der Waals surface area contributed by atoms with Gasteiger partial charge in [-0.3, -0.25) is 9.59 Å². The first-order valence-corrected chi connectivity index (χ1v) is 5.30. The third-order valence-electron chi connectivity index (χ3n) is 2.43. The summed E-state index contributed by atoms with van der Waals surface area (Å²) >= 11 is 0. The summed E-state index contributed by atoms with van der Waals surface area (Å²) in [6.07, 6.45) is 0. The Labute approximate surface area is 106 Å². The molecule has 1 aromatic heterocycles. The number of hydrogen-bond acceptors (Lipinski definition) is 3. The highest BCUT2D eigenvalue weighted by Crippen LogP contribution is 2.21. The van der Waals surface area contributed by atoms with Gasteiger partial charge < -0.3 is 5.32 Å². The summed E-state index contributed by atoms with van der Waals surface area (Å²) < 4.78 is 27.1. The van der Waals surface area contributed by atoms with E-state index in [1.807, 2.05) is 0 Å². The Morgan fingerprint density at radius 2 is 2.00 bits per heavy atom. The maximum atomic E-state index is 13.7. The van der Waals surface area contributed by atoms with Crippen molar-refractivity contribution in [1.82, 2.24) is 10.2 Å². The smallest absolute Gasteiger partial charge is 0.276 e. The van der Waals surface area contributed by atoms with E-state index < -0.39 is 28.8 Å². The molecule has 0 radical (unpaired) electrons. The Kier molecular flexibility index (Phi) is 3.37. The molecule has 0 saturated heterocycles. The summed E-state index contributed by atoms with van der Waals surface area (Å²) in [6, 6.07) is 4.55. The normalized spacial score (nSPS) is 10.3. The molecule has 19 heavy (non-hydrogen) atoms. The van der Waals surface area contributed by atoms with Crippen molar-refractivity contribution in [2.45, 2.75) is 6.92 Å². The molecule has 0 unspecified atom stereocenters. The average Bonchev–Trinajstić information content (AvgIpc) is 2.40. The monoisotopic (exact) mass is 265 g/mol. The van der Waals surface area contributed by atoms with Crippen LogP contribution in [0.4, 0.5) is 14.5 Å². The molecule has 0 aliphatic heterocycles.